The Morgan fingerprint density at radius 2 is 1.79 bits per heavy atom. The summed E-state index contributed by atoms with van der Waals surface area (Å²) in [5.41, 5.74) is 5.02. The van der Waals surface area contributed by atoms with Gasteiger partial charge >= 0.3 is 0 Å². The van der Waals surface area contributed by atoms with Gasteiger partial charge in [0.15, 0.2) is 11.7 Å². The molecule has 3 N–H and O–H groups in total. The van der Waals surface area contributed by atoms with Crippen molar-refractivity contribution in [2.75, 3.05) is 13.2 Å². The van der Waals surface area contributed by atoms with E-state index in [0.717, 1.165) is 0 Å². The Bertz CT molecular complexity index is 930. The van der Waals surface area contributed by atoms with Crippen molar-refractivity contribution in [2.24, 2.45) is 0 Å². The van der Waals surface area contributed by atoms with Crippen LogP contribution in [0.2, 0.25) is 10.0 Å². The summed E-state index contributed by atoms with van der Waals surface area (Å²) in [6.07, 6.45) is 0. The number of carbonyl (C=O) groups excluding carboxylic acids is 2. The molecule has 2 aromatic rings. The largest absolute Gasteiger partial charge is 0.493 e. The molecular formula is C18H16BrCl2N3O4S. The van der Waals surface area contributed by atoms with Crippen molar-refractivity contribution in [3.63, 3.8) is 0 Å². The second-order valence-corrected chi connectivity index (χ2v) is 7.56. The number of rotatable bonds is 6. The Balaban J connectivity index is 1.84. The van der Waals surface area contributed by atoms with Gasteiger partial charge in [-0.05, 0) is 55.5 Å². The van der Waals surface area contributed by atoms with Gasteiger partial charge in [0.2, 0.25) is 0 Å². The fourth-order valence-electron chi connectivity index (χ4n) is 2.06. The van der Waals surface area contributed by atoms with Crippen LogP contribution in [-0.4, -0.2) is 30.1 Å². The van der Waals surface area contributed by atoms with Crippen molar-refractivity contribution in [3.05, 3.63) is 56.5 Å². The molecule has 154 valence electrons. The number of halogens is 3. The van der Waals surface area contributed by atoms with E-state index in [1.807, 2.05) is 6.92 Å². The molecule has 2 aromatic carbocycles. The quantitative estimate of drug-likeness (QED) is 0.396. The Labute approximate surface area is 191 Å². The smallest absolute Gasteiger partial charge is 0.276 e. The van der Waals surface area contributed by atoms with Gasteiger partial charge in [0.25, 0.3) is 11.8 Å². The number of nitrogens with one attached hydrogen (secondary N) is 3. The van der Waals surface area contributed by atoms with Crippen LogP contribution in [0.5, 0.6) is 11.5 Å². The Hall–Kier alpha value is -2.07. The maximum absolute atomic E-state index is 12.4. The van der Waals surface area contributed by atoms with Gasteiger partial charge in [0.05, 0.1) is 17.2 Å². The molecule has 0 bridgehead atoms. The normalized spacial score (nSPS) is 10.1. The second kappa shape index (κ2) is 11.2. The van der Waals surface area contributed by atoms with E-state index in [1.54, 1.807) is 30.3 Å². The number of hydrogen-bond acceptors (Lipinski definition) is 5. The molecule has 0 fully saturated rings. The Morgan fingerprint density at radius 3 is 2.48 bits per heavy atom. The summed E-state index contributed by atoms with van der Waals surface area (Å²) in [5, 5.41) is 3.08. The number of thiocarbonyl (C=S) groups is 1. The van der Waals surface area contributed by atoms with E-state index in [9.17, 15) is 9.59 Å². The molecule has 0 aliphatic carbocycles. The summed E-state index contributed by atoms with van der Waals surface area (Å²) in [6.45, 7) is 1.88. The fraction of sp³-hybridized carbons (Fsp3) is 0.167. The molecule has 0 atom stereocenters. The predicted molar refractivity (Wildman–Crippen MR) is 119 cm³/mol. The third kappa shape index (κ3) is 7.36. The number of amides is 2. The molecule has 0 radical (unpaired) electrons. The molecule has 2 rings (SSSR count). The highest BCUT2D eigenvalue weighted by molar-refractivity contribution is 9.10. The van der Waals surface area contributed by atoms with Gasteiger partial charge in [-0.15, -0.1) is 0 Å². The summed E-state index contributed by atoms with van der Waals surface area (Å²) in [7, 11) is 0. The lowest BCUT2D eigenvalue weighted by Crippen LogP contribution is -2.49. The molecule has 29 heavy (non-hydrogen) atoms. The molecular weight excluding hydrogens is 505 g/mol. The van der Waals surface area contributed by atoms with Gasteiger partial charge < -0.3 is 9.47 Å². The zero-order valence-corrected chi connectivity index (χ0v) is 19.0. The number of hydrazine groups is 1. The van der Waals surface area contributed by atoms with Crippen molar-refractivity contribution < 1.29 is 19.1 Å². The van der Waals surface area contributed by atoms with Crippen LogP contribution in [0.25, 0.3) is 0 Å². The highest BCUT2D eigenvalue weighted by Gasteiger charge is 2.15. The first kappa shape index (κ1) is 23.2. The predicted octanol–water partition coefficient (Wildman–Crippen LogP) is 3.87. The van der Waals surface area contributed by atoms with Gasteiger partial charge in [-0.2, -0.15) is 0 Å². The van der Waals surface area contributed by atoms with E-state index in [0.29, 0.717) is 27.6 Å². The number of carbonyl (C=O) groups is 2. The topological polar surface area (TPSA) is 88.7 Å². The van der Waals surface area contributed by atoms with E-state index < -0.39 is 11.8 Å². The minimum Gasteiger partial charge on any atom is -0.493 e. The third-order valence-corrected chi connectivity index (χ3v) is 4.51. The molecule has 0 spiro atoms. The third-order valence-electron chi connectivity index (χ3n) is 3.28. The van der Waals surface area contributed by atoms with Crippen LogP contribution in [-0.2, 0) is 4.79 Å². The van der Waals surface area contributed by atoms with E-state index in [1.165, 1.54) is 6.07 Å². The molecule has 0 aliphatic rings. The zero-order valence-electron chi connectivity index (χ0n) is 15.1. The maximum Gasteiger partial charge on any atom is 0.276 e. The van der Waals surface area contributed by atoms with E-state index in [2.05, 4.69) is 32.1 Å². The molecule has 0 aliphatic heterocycles. The highest BCUT2D eigenvalue weighted by atomic mass is 79.9. The number of benzene rings is 2. The van der Waals surface area contributed by atoms with Gasteiger partial charge in [0.1, 0.15) is 11.5 Å². The number of hydrogen-bond donors (Lipinski definition) is 3. The summed E-state index contributed by atoms with van der Waals surface area (Å²) >= 11 is 20.1. The fourth-order valence-corrected chi connectivity index (χ4v) is 3.03. The van der Waals surface area contributed by atoms with Gasteiger partial charge in [-0.3, -0.25) is 25.8 Å². The summed E-state index contributed by atoms with van der Waals surface area (Å²) in [6, 6.07) is 9.65. The Kier molecular flexibility index (Phi) is 8.97. The highest BCUT2D eigenvalue weighted by Crippen LogP contribution is 2.27. The first-order valence-corrected chi connectivity index (χ1v) is 10.2. The zero-order chi connectivity index (χ0) is 21.4. The van der Waals surface area contributed by atoms with Crippen LogP contribution in [0.1, 0.15) is 17.3 Å². The van der Waals surface area contributed by atoms with Crippen LogP contribution < -0.4 is 25.6 Å². The minimum absolute atomic E-state index is 0.102. The molecule has 0 saturated heterocycles. The molecule has 2 amide bonds. The molecule has 0 saturated carbocycles. The van der Waals surface area contributed by atoms with Crippen LogP contribution in [0.4, 0.5) is 0 Å². The Morgan fingerprint density at radius 1 is 1.07 bits per heavy atom. The minimum atomic E-state index is -0.537. The first-order valence-electron chi connectivity index (χ1n) is 8.20. The summed E-state index contributed by atoms with van der Waals surface area (Å²) < 4.78 is 11.4. The lowest BCUT2D eigenvalue weighted by Gasteiger charge is -2.13. The monoisotopic (exact) mass is 519 g/mol. The van der Waals surface area contributed by atoms with Crippen molar-refractivity contribution >= 4 is 68.3 Å². The molecule has 11 heteroatoms. The number of ether oxygens (including phenoxy) is 2. The van der Waals surface area contributed by atoms with Crippen LogP contribution in [0, 0.1) is 0 Å². The average molecular weight is 521 g/mol. The van der Waals surface area contributed by atoms with Gasteiger partial charge in [-0.1, -0.05) is 39.1 Å². The van der Waals surface area contributed by atoms with E-state index >= 15 is 0 Å². The van der Waals surface area contributed by atoms with Crippen LogP contribution in [0.15, 0.2) is 40.9 Å². The van der Waals surface area contributed by atoms with Crippen molar-refractivity contribution in [1.29, 1.82) is 0 Å². The van der Waals surface area contributed by atoms with Crippen molar-refractivity contribution in [1.82, 2.24) is 16.2 Å². The average Bonchev–Trinajstić information content (AvgIpc) is 2.67. The summed E-state index contributed by atoms with van der Waals surface area (Å²) in [5.74, 6) is -0.316. The lowest BCUT2D eigenvalue weighted by atomic mass is 10.2. The standard InChI is InChI=1S/C18H16BrCl2N3O4S/c1-2-27-14-5-3-10(19)7-12(14)17(26)22-18(29)24-23-16(25)9-28-15-6-4-11(20)8-13(15)21/h3-8H,2,9H2,1H3,(H,23,25)(H2,22,24,26,29). The first-order chi connectivity index (χ1) is 13.8. The van der Waals surface area contributed by atoms with Crippen LogP contribution in [0.3, 0.4) is 0 Å². The van der Waals surface area contributed by atoms with Crippen molar-refractivity contribution in [3.8, 4) is 11.5 Å². The molecule has 0 heterocycles. The molecule has 0 unspecified atom stereocenters. The van der Waals surface area contributed by atoms with Gasteiger partial charge in [-0.25, -0.2) is 0 Å². The summed E-state index contributed by atoms with van der Waals surface area (Å²) in [4.78, 5) is 24.3. The molecule has 0 aromatic heterocycles. The maximum atomic E-state index is 12.4. The van der Waals surface area contributed by atoms with Crippen molar-refractivity contribution in [2.45, 2.75) is 6.92 Å². The lowest BCUT2D eigenvalue weighted by molar-refractivity contribution is -0.123. The van der Waals surface area contributed by atoms with E-state index in [4.69, 9.17) is 44.9 Å². The van der Waals surface area contributed by atoms with E-state index in [-0.39, 0.29) is 22.3 Å². The SMILES string of the molecule is CCOc1ccc(Br)cc1C(=O)NC(=S)NNC(=O)COc1ccc(Cl)cc1Cl. The second-order valence-electron chi connectivity index (χ2n) is 5.39. The van der Waals surface area contributed by atoms with Crippen LogP contribution >= 0.6 is 51.3 Å². The van der Waals surface area contributed by atoms with Gasteiger partial charge in [0, 0.05) is 9.50 Å². The molecule has 7 nitrogen and oxygen atoms in total.